The van der Waals surface area contributed by atoms with Gasteiger partial charge in [-0.1, -0.05) is 0 Å². The maximum atomic E-state index is 13.4. The molecule has 168 valence electrons. The summed E-state index contributed by atoms with van der Waals surface area (Å²) < 4.78 is 5.45. The zero-order chi connectivity index (χ0) is 23.1. The predicted molar refractivity (Wildman–Crippen MR) is 124 cm³/mol. The average Bonchev–Trinajstić information content (AvgIpc) is 3.35. The van der Waals surface area contributed by atoms with Crippen molar-refractivity contribution in [2.75, 3.05) is 43.9 Å². The number of benzene rings is 2. The Morgan fingerprint density at radius 1 is 1.06 bits per heavy atom. The van der Waals surface area contributed by atoms with Crippen LogP contribution in [0, 0.1) is 0 Å². The SMILES string of the molecule is CN(C)c1ccc(C(=O)N2CCN3C(=O)c4cc(-c5ccco5)ccc4NC(=O)[C@H]3C2)cc1. The molecule has 0 bridgehead atoms. The van der Waals surface area contributed by atoms with Crippen LogP contribution in [0.4, 0.5) is 11.4 Å². The standard InChI is InChI=1S/C25H24N4O4/c1-27(2)18-8-5-16(6-9-18)24(31)28-11-12-29-21(15-28)23(30)26-20-10-7-17(14-19(20)25(29)32)22-4-3-13-33-22/h3-10,13-14,21H,11-12,15H2,1-2H3,(H,26,30)/t21-/m1/s1. The highest BCUT2D eigenvalue weighted by Gasteiger charge is 2.40. The largest absolute Gasteiger partial charge is 0.464 e. The van der Waals surface area contributed by atoms with E-state index < -0.39 is 6.04 Å². The Morgan fingerprint density at radius 2 is 1.85 bits per heavy atom. The summed E-state index contributed by atoms with van der Waals surface area (Å²) in [5.41, 5.74) is 3.19. The van der Waals surface area contributed by atoms with E-state index in [2.05, 4.69) is 5.32 Å². The zero-order valence-electron chi connectivity index (χ0n) is 18.4. The summed E-state index contributed by atoms with van der Waals surface area (Å²) in [4.78, 5) is 44.7. The van der Waals surface area contributed by atoms with E-state index >= 15 is 0 Å². The van der Waals surface area contributed by atoms with Crippen molar-refractivity contribution >= 4 is 29.1 Å². The van der Waals surface area contributed by atoms with Crippen LogP contribution in [-0.2, 0) is 4.79 Å². The van der Waals surface area contributed by atoms with Crippen molar-refractivity contribution in [3.8, 4) is 11.3 Å². The number of nitrogens with zero attached hydrogens (tertiary/aromatic N) is 3. The van der Waals surface area contributed by atoms with Crippen molar-refractivity contribution in [1.82, 2.24) is 9.80 Å². The fraction of sp³-hybridized carbons (Fsp3) is 0.240. The van der Waals surface area contributed by atoms with E-state index in [-0.39, 0.29) is 30.8 Å². The molecule has 33 heavy (non-hydrogen) atoms. The van der Waals surface area contributed by atoms with Crippen LogP contribution in [0.5, 0.6) is 0 Å². The lowest BCUT2D eigenvalue weighted by atomic mass is 10.0. The Hall–Kier alpha value is -4.07. The third kappa shape index (κ3) is 3.73. The molecule has 0 aliphatic carbocycles. The van der Waals surface area contributed by atoms with E-state index in [0.29, 0.717) is 29.1 Å². The molecular formula is C25H24N4O4. The number of carbonyl (C=O) groups is 3. The van der Waals surface area contributed by atoms with Gasteiger partial charge in [-0.15, -0.1) is 0 Å². The maximum Gasteiger partial charge on any atom is 0.256 e. The molecule has 8 nitrogen and oxygen atoms in total. The molecule has 2 aromatic carbocycles. The van der Waals surface area contributed by atoms with Gasteiger partial charge in [0.25, 0.3) is 11.8 Å². The van der Waals surface area contributed by atoms with Crippen LogP contribution in [0.15, 0.2) is 65.3 Å². The number of piperazine rings is 1. The first kappa shape index (κ1) is 20.8. The second-order valence-corrected chi connectivity index (χ2v) is 8.43. The van der Waals surface area contributed by atoms with Crippen LogP contribution in [0.2, 0.25) is 0 Å². The van der Waals surface area contributed by atoms with E-state index in [9.17, 15) is 14.4 Å². The van der Waals surface area contributed by atoms with Crippen LogP contribution >= 0.6 is 0 Å². The molecule has 1 saturated heterocycles. The molecular weight excluding hydrogens is 420 g/mol. The summed E-state index contributed by atoms with van der Waals surface area (Å²) in [6.45, 7) is 0.782. The number of hydrogen-bond acceptors (Lipinski definition) is 5. The number of nitrogens with one attached hydrogen (secondary N) is 1. The molecule has 2 aliphatic rings. The molecule has 3 aromatic rings. The molecule has 2 aliphatic heterocycles. The predicted octanol–water partition coefficient (Wildman–Crippen LogP) is 2.93. The molecule has 0 radical (unpaired) electrons. The first-order valence-corrected chi connectivity index (χ1v) is 10.8. The van der Waals surface area contributed by atoms with Crippen LogP contribution in [0.25, 0.3) is 11.3 Å². The number of amides is 3. The molecule has 8 heteroatoms. The summed E-state index contributed by atoms with van der Waals surface area (Å²) in [7, 11) is 3.88. The van der Waals surface area contributed by atoms with E-state index in [1.54, 1.807) is 46.4 Å². The minimum absolute atomic E-state index is 0.144. The van der Waals surface area contributed by atoms with Crippen molar-refractivity contribution in [2.45, 2.75) is 6.04 Å². The Balaban J connectivity index is 1.38. The summed E-state index contributed by atoms with van der Waals surface area (Å²) in [6.07, 6.45) is 1.57. The number of rotatable bonds is 3. The molecule has 0 saturated carbocycles. The van der Waals surface area contributed by atoms with E-state index in [1.807, 2.05) is 43.3 Å². The Labute approximate surface area is 191 Å². The minimum atomic E-state index is -0.754. The number of carbonyl (C=O) groups excluding carboxylic acids is 3. The van der Waals surface area contributed by atoms with Crippen LogP contribution in [0.3, 0.4) is 0 Å². The van der Waals surface area contributed by atoms with Crippen LogP contribution in [0.1, 0.15) is 20.7 Å². The molecule has 3 heterocycles. The van der Waals surface area contributed by atoms with Gasteiger partial charge >= 0.3 is 0 Å². The van der Waals surface area contributed by atoms with Gasteiger partial charge in [0, 0.05) is 44.0 Å². The molecule has 0 unspecified atom stereocenters. The second kappa shape index (κ2) is 8.12. The van der Waals surface area contributed by atoms with Crippen molar-refractivity contribution in [3.05, 3.63) is 72.0 Å². The molecule has 1 N–H and O–H groups in total. The lowest BCUT2D eigenvalue weighted by Crippen LogP contribution is -2.59. The molecule has 3 amide bonds. The first-order valence-electron chi connectivity index (χ1n) is 10.8. The molecule has 5 rings (SSSR count). The average molecular weight is 444 g/mol. The zero-order valence-corrected chi connectivity index (χ0v) is 18.4. The topological polar surface area (TPSA) is 86.1 Å². The number of furan rings is 1. The van der Waals surface area contributed by atoms with E-state index in [0.717, 1.165) is 11.3 Å². The summed E-state index contributed by atoms with van der Waals surface area (Å²) in [5.74, 6) is -0.0343. The number of hydrogen-bond donors (Lipinski definition) is 1. The van der Waals surface area contributed by atoms with Gasteiger partial charge in [-0.2, -0.15) is 0 Å². The minimum Gasteiger partial charge on any atom is -0.464 e. The third-order valence-electron chi connectivity index (χ3n) is 6.18. The fourth-order valence-electron chi connectivity index (χ4n) is 4.32. The summed E-state index contributed by atoms with van der Waals surface area (Å²) in [6, 6.07) is 15.5. The van der Waals surface area contributed by atoms with Crippen molar-refractivity contribution in [1.29, 1.82) is 0 Å². The van der Waals surface area contributed by atoms with Gasteiger partial charge in [0.2, 0.25) is 5.91 Å². The first-order chi connectivity index (χ1) is 15.9. The number of fused-ring (bicyclic) bond motifs is 2. The monoisotopic (exact) mass is 444 g/mol. The van der Waals surface area contributed by atoms with Gasteiger partial charge in [0.15, 0.2) is 0 Å². The van der Waals surface area contributed by atoms with Gasteiger partial charge < -0.3 is 24.4 Å². The van der Waals surface area contributed by atoms with Crippen molar-refractivity contribution in [3.63, 3.8) is 0 Å². The third-order valence-corrected chi connectivity index (χ3v) is 6.18. The van der Waals surface area contributed by atoms with Gasteiger partial charge in [-0.05, 0) is 54.6 Å². The fourth-order valence-corrected chi connectivity index (χ4v) is 4.32. The smallest absolute Gasteiger partial charge is 0.256 e. The second-order valence-electron chi connectivity index (χ2n) is 8.43. The molecule has 1 aromatic heterocycles. The lowest BCUT2D eigenvalue weighted by molar-refractivity contribution is -0.121. The van der Waals surface area contributed by atoms with Gasteiger partial charge in [-0.25, -0.2) is 0 Å². The highest BCUT2D eigenvalue weighted by atomic mass is 16.3. The molecule has 0 spiro atoms. The van der Waals surface area contributed by atoms with Crippen LogP contribution < -0.4 is 10.2 Å². The van der Waals surface area contributed by atoms with Crippen molar-refractivity contribution in [2.24, 2.45) is 0 Å². The Morgan fingerprint density at radius 3 is 2.55 bits per heavy atom. The summed E-state index contributed by atoms with van der Waals surface area (Å²) in [5, 5.41) is 2.87. The van der Waals surface area contributed by atoms with Crippen molar-refractivity contribution < 1.29 is 18.8 Å². The number of anilines is 2. The van der Waals surface area contributed by atoms with E-state index in [1.165, 1.54) is 0 Å². The maximum absolute atomic E-state index is 13.4. The Bertz CT molecular complexity index is 1220. The highest BCUT2D eigenvalue weighted by molar-refractivity contribution is 6.11. The molecule has 1 fully saturated rings. The van der Waals surface area contributed by atoms with Gasteiger partial charge in [0.1, 0.15) is 11.8 Å². The van der Waals surface area contributed by atoms with Gasteiger partial charge in [-0.3, -0.25) is 14.4 Å². The lowest BCUT2D eigenvalue weighted by Gasteiger charge is -2.39. The highest BCUT2D eigenvalue weighted by Crippen LogP contribution is 2.30. The normalized spacial score (nSPS) is 17.7. The van der Waals surface area contributed by atoms with E-state index in [4.69, 9.17) is 4.42 Å². The summed E-state index contributed by atoms with van der Waals surface area (Å²) >= 11 is 0. The Kier molecular flexibility index (Phi) is 5.12. The molecule has 1 atom stereocenters. The van der Waals surface area contributed by atoms with Crippen LogP contribution in [-0.4, -0.2) is 67.3 Å². The quantitative estimate of drug-likeness (QED) is 0.671. The van der Waals surface area contributed by atoms with Gasteiger partial charge in [0.05, 0.1) is 24.1 Å².